The topological polar surface area (TPSA) is 0 Å². The summed E-state index contributed by atoms with van der Waals surface area (Å²) in [6.07, 6.45) is 7.02. The third-order valence-electron chi connectivity index (χ3n) is 6.42. The molecule has 0 nitrogen and oxygen atoms in total. The lowest BCUT2D eigenvalue weighted by atomic mass is 9.91. The summed E-state index contributed by atoms with van der Waals surface area (Å²) in [4.78, 5) is 0. The molecule has 0 bridgehead atoms. The molecule has 0 aliphatic rings. The second-order valence-corrected chi connectivity index (χ2v) is 8.50. The van der Waals surface area contributed by atoms with E-state index in [0.29, 0.717) is 0 Å². The quantitative estimate of drug-likeness (QED) is 0.197. The van der Waals surface area contributed by atoms with Crippen molar-refractivity contribution in [3.8, 4) is 11.1 Å². The molecule has 31 heavy (non-hydrogen) atoms. The highest BCUT2D eigenvalue weighted by molar-refractivity contribution is 6.08. The Morgan fingerprint density at radius 1 is 0.677 bits per heavy atom. The first kappa shape index (κ1) is 19.6. The van der Waals surface area contributed by atoms with Gasteiger partial charge in [0.05, 0.1) is 0 Å². The van der Waals surface area contributed by atoms with Crippen molar-refractivity contribution in [1.82, 2.24) is 0 Å². The number of hydrogen-bond donors (Lipinski definition) is 0. The van der Waals surface area contributed by atoms with Gasteiger partial charge in [0, 0.05) is 0 Å². The molecule has 0 atom stereocenters. The van der Waals surface area contributed by atoms with E-state index in [1.165, 1.54) is 80.3 Å². The second-order valence-electron chi connectivity index (χ2n) is 8.50. The Bertz CT molecular complexity index is 1390. The molecular formula is C31H28. The first-order valence-corrected chi connectivity index (χ1v) is 11.4. The fraction of sp³-hybridized carbons (Fsp3) is 0.161. The van der Waals surface area contributed by atoms with Gasteiger partial charge in [0.25, 0.3) is 0 Å². The summed E-state index contributed by atoms with van der Waals surface area (Å²) in [5.41, 5.74) is 5.15. The molecule has 0 saturated carbocycles. The Balaban J connectivity index is 1.61. The highest BCUT2D eigenvalue weighted by Crippen LogP contribution is 2.35. The van der Waals surface area contributed by atoms with Crippen LogP contribution in [0.2, 0.25) is 0 Å². The van der Waals surface area contributed by atoms with Crippen LogP contribution in [0.25, 0.3) is 49.5 Å². The molecule has 0 aliphatic heterocycles. The lowest BCUT2D eigenvalue weighted by Gasteiger charge is -2.13. The molecule has 0 heteroatoms. The van der Waals surface area contributed by atoms with E-state index in [-0.39, 0.29) is 0 Å². The van der Waals surface area contributed by atoms with Gasteiger partial charge < -0.3 is 0 Å². The third-order valence-corrected chi connectivity index (χ3v) is 6.42. The van der Waals surface area contributed by atoms with Crippen molar-refractivity contribution in [1.29, 1.82) is 0 Å². The van der Waals surface area contributed by atoms with Crippen LogP contribution in [0.1, 0.15) is 37.3 Å². The van der Waals surface area contributed by atoms with Crippen LogP contribution >= 0.6 is 0 Å². The van der Waals surface area contributed by atoms with E-state index < -0.39 is 0 Å². The van der Waals surface area contributed by atoms with E-state index in [1.54, 1.807) is 0 Å². The molecule has 5 rings (SSSR count). The minimum Gasteiger partial charge on any atom is -0.0984 e. The van der Waals surface area contributed by atoms with Gasteiger partial charge in [-0.2, -0.15) is 0 Å². The zero-order chi connectivity index (χ0) is 21.2. The zero-order valence-electron chi connectivity index (χ0n) is 18.2. The Morgan fingerprint density at radius 3 is 2.03 bits per heavy atom. The first-order valence-electron chi connectivity index (χ1n) is 11.4. The molecule has 0 aliphatic carbocycles. The molecule has 5 aromatic rings. The number of hydrogen-bond acceptors (Lipinski definition) is 0. The minimum absolute atomic E-state index is 1.17. The van der Waals surface area contributed by atoms with Gasteiger partial charge in [0.2, 0.25) is 0 Å². The molecular weight excluding hydrogens is 372 g/mol. The van der Waals surface area contributed by atoms with Crippen molar-refractivity contribution in [2.24, 2.45) is 0 Å². The predicted octanol–water partition coefficient (Wildman–Crippen LogP) is 9.19. The van der Waals surface area contributed by atoms with Gasteiger partial charge in [-0.25, -0.2) is 0 Å². The summed E-state index contributed by atoms with van der Waals surface area (Å²) in [5.74, 6) is 0. The maximum atomic E-state index is 4.16. The summed E-state index contributed by atoms with van der Waals surface area (Å²) in [6, 6.07) is 31.4. The molecule has 0 N–H and O–H groups in total. The van der Waals surface area contributed by atoms with Crippen LogP contribution in [0.4, 0.5) is 0 Å². The molecule has 0 amide bonds. The number of fused-ring (bicyclic) bond motifs is 3. The molecule has 5 aromatic carbocycles. The second kappa shape index (κ2) is 8.40. The average Bonchev–Trinajstić information content (AvgIpc) is 2.81. The van der Waals surface area contributed by atoms with Crippen LogP contribution < -0.4 is 0 Å². The van der Waals surface area contributed by atoms with Gasteiger partial charge >= 0.3 is 0 Å². The normalized spacial score (nSPS) is 11.4. The maximum Gasteiger partial charge on any atom is -0.00990 e. The van der Waals surface area contributed by atoms with Gasteiger partial charge in [0.1, 0.15) is 0 Å². The zero-order valence-corrected chi connectivity index (χ0v) is 18.2. The molecule has 0 fully saturated rings. The summed E-state index contributed by atoms with van der Waals surface area (Å²) < 4.78 is 0. The van der Waals surface area contributed by atoms with Crippen LogP contribution in [0, 0.1) is 0 Å². The standard InChI is InChI=1S/C31H28/c1-3-5-6-9-22-12-14-23(15-13-22)30-17-16-26-20-27-18-24-10-7-8-11-25(24)19-28(27)21-31(26)29(30)4-2/h4,7-8,10-21H,2-3,5-6,9H2,1H3. The Morgan fingerprint density at radius 2 is 1.35 bits per heavy atom. The predicted molar refractivity (Wildman–Crippen MR) is 138 cm³/mol. The number of unbranched alkanes of at least 4 members (excludes halogenated alkanes) is 2. The van der Waals surface area contributed by atoms with E-state index in [2.05, 4.69) is 98.4 Å². The van der Waals surface area contributed by atoms with E-state index in [0.717, 1.165) is 0 Å². The Hall–Kier alpha value is -3.38. The van der Waals surface area contributed by atoms with Crippen molar-refractivity contribution >= 4 is 38.4 Å². The smallest absolute Gasteiger partial charge is 0.00990 e. The number of aryl methyl sites for hydroxylation is 1. The molecule has 0 unspecified atom stereocenters. The largest absolute Gasteiger partial charge is 0.0984 e. The molecule has 0 heterocycles. The number of benzene rings is 5. The van der Waals surface area contributed by atoms with Crippen molar-refractivity contribution in [3.05, 3.63) is 103 Å². The van der Waals surface area contributed by atoms with Gasteiger partial charge in [-0.05, 0) is 91.7 Å². The fourth-order valence-electron chi connectivity index (χ4n) is 4.69. The highest BCUT2D eigenvalue weighted by atomic mass is 14.1. The fourth-order valence-corrected chi connectivity index (χ4v) is 4.69. The van der Waals surface area contributed by atoms with E-state index in [4.69, 9.17) is 0 Å². The van der Waals surface area contributed by atoms with Crippen molar-refractivity contribution in [3.63, 3.8) is 0 Å². The van der Waals surface area contributed by atoms with Crippen LogP contribution in [0.3, 0.4) is 0 Å². The lowest BCUT2D eigenvalue weighted by Crippen LogP contribution is -1.89. The molecule has 0 saturated heterocycles. The summed E-state index contributed by atoms with van der Waals surface area (Å²) >= 11 is 0. The third kappa shape index (κ3) is 3.75. The van der Waals surface area contributed by atoms with Crippen molar-refractivity contribution < 1.29 is 0 Å². The maximum absolute atomic E-state index is 4.16. The van der Waals surface area contributed by atoms with Gasteiger partial charge in [0.15, 0.2) is 0 Å². The monoisotopic (exact) mass is 400 g/mol. The molecule has 0 spiro atoms. The summed E-state index contributed by atoms with van der Waals surface area (Å²) in [7, 11) is 0. The van der Waals surface area contributed by atoms with E-state index in [9.17, 15) is 0 Å². The Kier molecular flexibility index (Phi) is 5.30. The van der Waals surface area contributed by atoms with Crippen molar-refractivity contribution in [2.75, 3.05) is 0 Å². The van der Waals surface area contributed by atoms with E-state index >= 15 is 0 Å². The Labute approximate surface area is 184 Å². The first-order chi connectivity index (χ1) is 15.3. The van der Waals surface area contributed by atoms with Crippen molar-refractivity contribution in [2.45, 2.75) is 32.6 Å². The SMILES string of the molecule is C=Cc1c(-c2ccc(CCCCC)cc2)ccc2cc3cc4ccccc4cc3cc12. The van der Waals surface area contributed by atoms with E-state index in [1.807, 2.05) is 6.08 Å². The van der Waals surface area contributed by atoms with Crippen LogP contribution in [-0.2, 0) is 6.42 Å². The van der Waals surface area contributed by atoms with Gasteiger partial charge in [-0.3, -0.25) is 0 Å². The van der Waals surface area contributed by atoms with Crippen LogP contribution in [0.15, 0.2) is 91.5 Å². The van der Waals surface area contributed by atoms with Crippen LogP contribution in [0.5, 0.6) is 0 Å². The van der Waals surface area contributed by atoms with Gasteiger partial charge in [-0.15, -0.1) is 0 Å². The lowest BCUT2D eigenvalue weighted by molar-refractivity contribution is 0.717. The molecule has 0 aromatic heterocycles. The average molecular weight is 401 g/mol. The minimum atomic E-state index is 1.17. The summed E-state index contributed by atoms with van der Waals surface area (Å²) in [6.45, 7) is 6.42. The highest BCUT2D eigenvalue weighted by Gasteiger charge is 2.09. The molecule has 0 radical (unpaired) electrons. The van der Waals surface area contributed by atoms with Crippen LogP contribution in [-0.4, -0.2) is 0 Å². The van der Waals surface area contributed by atoms with Gasteiger partial charge in [-0.1, -0.05) is 93.1 Å². The molecule has 152 valence electrons. The summed E-state index contributed by atoms with van der Waals surface area (Å²) in [5, 5.41) is 7.65. The number of rotatable bonds is 6.